The number of ether oxygens (including phenoxy) is 1. The number of hydrogen-bond donors (Lipinski definition) is 0. The van der Waals surface area contributed by atoms with Gasteiger partial charge in [-0.05, 0) is 12.0 Å². The summed E-state index contributed by atoms with van der Waals surface area (Å²) in [5.41, 5.74) is 1.19. The molecule has 0 aromatic heterocycles. The lowest BCUT2D eigenvalue weighted by atomic mass is 10.1. The maximum atomic E-state index is 11.8. The van der Waals surface area contributed by atoms with Crippen molar-refractivity contribution in [1.29, 1.82) is 0 Å². The fourth-order valence-electron chi connectivity index (χ4n) is 1.57. The molecule has 18 heavy (non-hydrogen) atoms. The summed E-state index contributed by atoms with van der Waals surface area (Å²) < 4.78 is 5.24. The van der Waals surface area contributed by atoms with Crippen molar-refractivity contribution in [3.63, 3.8) is 0 Å². The Balaban J connectivity index is 2.19. The highest BCUT2D eigenvalue weighted by molar-refractivity contribution is 6.17. The monoisotopic (exact) mass is 269 g/mol. The Morgan fingerprint density at radius 3 is 2.67 bits per heavy atom. The molecular formula is C14H20ClNO2. The van der Waals surface area contributed by atoms with Crippen molar-refractivity contribution in [2.75, 3.05) is 32.7 Å². The van der Waals surface area contributed by atoms with Gasteiger partial charge in [-0.2, -0.15) is 0 Å². The van der Waals surface area contributed by atoms with Gasteiger partial charge in [0.1, 0.15) is 0 Å². The molecule has 0 aliphatic rings. The van der Waals surface area contributed by atoms with Gasteiger partial charge in [0, 0.05) is 25.9 Å². The van der Waals surface area contributed by atoms with Crippen molar-refractivity contribution in [2.45, 2.75) is 12.8 Å². The Morgan fingerprint density at radius 2 is 2.00 bits per heavy atom. The summed E-state index contributed by atoms with van der Waals surface area (Å²) in [4.78, 5) is 13.5. The van der Waals surface area contributed by atoms with Crippen molar-refractivity contribution in [3.05, 3.63) is 35.9 Å². The van der Waals surface area contributed by atoms with Gasteiger partial charge in [-0.3, -0.25) is 4.79 Å². The van der Waals surface area contributed by atoms with E-state index in [0.29, 0.717) is 32.1 Å². The van der Waals surface area contributed by atoms with Crippen LogP contribution in [0.4, 0.5) is 0 Å². The van der Waals surface area contributed by atoms with Crippen molar-refractivity contribution in [1.82, 2.24) is 4.90 Å². The molecule has 4 heteroatoms. The minimum absolute atomic E-state index is 0.147. The van der Waals surface area contributed by atoms with E-state index < -0.39 is 0 Å². The Morgan fingerprint density at radius 1 is 1.28 bits per heavy atom. The highest BCUT2D eigenvalue weighted by atomic mass is 35.5. The van der Waals surface area contributed by atoms with E-state index in [2.05, 4.69) is 0 Å². The molecule has 0 aliphatic heterocycles. The van der Waals surface area contributed by atoms with Gasteiger partial charge in [0.15, 0.2) is 0 Å². The van der Waals surface area contributed by atoms with Gasteiger partial charge >= 0.3 is 0 Å². The maximum absolute atomic E-state index is 11.8. The smallest absolute Gasteiger partial charge is 0.222 e. The molecule has 0 saturated heterocycles. The van der Waals surface area contributed by atoms with Crippen molar-refractivity contribution >= 4 is 17.5 Å². The molecule has 1 amide bonds. The minimum atomic E-state index is 0.147. The van der Waals surface area contributed by atoms with E-state index in [0.717, 1.165) is 6.42 Å². The Kier molecular flexibility index (Phi) is 7.46. The van der Waals surface area contributed by atoms with Crippen LogP contribution < -0.4 is 0 Å². The number of nitrogens with zero attached hydrogens (tertiary/aromatic N) is 1. The predicted molar refractivity (Wildman–Crippen MR) is 73.9 cm³/mol. The number of halogens is 1. The number of aryl methyl sites for hydroxylation is 1. The second-order valence-electron chi connectivity index (χ2n) is 4.10. The quantitative estimate of drug-likeness (QED) is 0.536. The maximum Gasteiger partial charge on any atom is 0.222 e. The fourth-order valence-corrected chi connectivity index (χ4v) is 1.68. The molecule has 0 spiro atoms. The fraction of sp³-hybridized carbons (Fsp3) is 0.500. The summed E-state index contributed by atoms with van der Waals surface area (Å²) in [5.74, 6) is 0.638. The number of carbonyl (C=O) groups is 1. The zero-order chi connectivity index (χ0) is 13.2. The van der Waals surface area contributed by atoms with Crippen LogP contribution in [-0.4, -0.2) is 43.5 Å². The molecule has 3 nitrogen and oxygen atoms in total. The van der Waals surface area contributed by atoms with E-state index in [9.17, 15) is 4.79 Å². The molecule has 0 fully saturated rings. The van der Waals surface area contributed by atoms with Gasteiger partial charge < -0.3 is 9.64 Å². The topological polar surface area (TPSA) is 29.5 Å². The zero-order valence-corrected chi connectivity index (χ0v) is 11.5. The molecule has 0 saturated carbocycles. The highest BCUT2D eigenvalue weighted by Crippen LogP contribution is 2.03. The average Bonchev–Trinajstić information content (AvgIpc) is 2.42. The molecule has 0 N–H and O–H groups in total. The first-order chi connectivity index (χ1) is 8.74. The molecule has 0 unspecified atom stereocenters. The molecule has 1 aromatic rings. The van der Waals surface area contributed by atoms with Gasteiger partial charge in [-0.1, -0.05) is 30.3 Å². The van der Waals surface area contributed by atoms with Crippen molar-refractivity contribution in [3.8, 4) is 0 Å². The van der Waals surface area contributed by atoms with Crippen molar-refractivity contribution in [2.24, 2.45) is 0 Å². The summed E-state index contributed by atoms with van der Waals surface area (Å²) >= 11 is 5.49. The SMILES string of the molecule is CN(CCOCCCl)C(=O)CCc1ccccc1. The Bertz CT molecular complexity index is 343. The van der Waals surface area contributed by atoms with Gasteiger partial charge in [0.2, 0.25) is 5.91 Å². The lowest BCUT2D eigenvalue weighted by Crippen LogP contribution is -2.30. The number of benzene rings is 1. The number of rotatable bonds is 8. The molecule has 0 aliphatic carbocycles. The lowest BCUT2D eigenvalue weighted by Gasteiger charge is -2.17. The first kappa shape index (κ1) is 15.0. The van der Waals surface area contributed by atoms with E-state index in [-0.39, 0.29) is 5.91 Å². The van der Waals surface area contributed by atoms with Crippen molar-refractivity contribution < 1.29 is 9.53 Å². The van der Waals surface area contributed by atoms with E-state index >= 15 is 0 Å². The molecule has 0 atom stereocenters. The van der Waals surface area contributed by atoms with Crippen LogP contribution in [0.5, 0.6) is 0 Å². The normalized spacial score (nSPS) is 10.3. The van der Waals surface area contributed by atoms with Gasteiger partial charge in [-0.15, -0.1) is 11.6 Å². The van der Waals surface area contributed by atoms with E-state index in [1.165, 1.54) is 5.56 Å². The Hall–Kier alpha value is -1.06. The van der Waals surface area contributed by atoms with Crippen LogP contribution in [0.15, 0.2) is 30.3 Å². The van der Waals surface area contributed by atoms with Crippen LogP contribution in [0.3, 0.4) is 0 Å². The van der Waals surface area contributed by atoms with Crippen LogP contribution >= 0.6 is 11.6 Å². The molecular weight excluding hydrogens is 250 g/mol. The third kappa shape index (κ3) is 6.03. The molecule has 0 radical (unpaired) electrons. The number of carbonyl (C=O) groups excluding carboxylic acids is 1. The van der Waals surface area contributed by atoms with Gasteiger partial charge in [0.05, 0.1) is 13.2 Å². The molecule has 100 valence electrons. The third-order valence-corrected chi connectivity index (χ3v) is 2.84. The van der Waals surface area contributed by atoms with Gasteiger partial charge in [-0.25, -0.2) is 0 Å². The standard InChI is InChI=1S/C14H20ClNO2/c1-16(10-12-18-11-9-15)14(17)8-7-13-5-3-2-4-6-13/h2-6H,7-12H2,1H3. The zero-order valence-electron chi connectivity index (χ0n) is 10.8. The number of hydrogen-bond acceptors (Lipinski definition) is 2. The van der Waals surface area contributed by atoms with E-state index in [4.69, 9.17) is 16.3 Å². The first-order valence-electron chi connectivity index (χ1n) is 6.15. The molecule has 0 heterocycles. The van der Waals surface area contributed by atoms with Crippen LogP contribution in [0, 0.1) is 0 Å². The summed E-state index contributed by atoms with van der Waals surface area (Å²) in [5, 5.41) is 0. The van der Waals surface area contributed by atoms with Gasteiger partial charge in [0.25, 0.3) is 0 Å². The Labute approximate surface area is 114 Å². The number of likely N-dealkylation sites (N-methyl/N-ethyl adjacent to an activating group) is 1. The van der Waals surface area contributed by atoms with Crippen LogP contribution in [0.25, 0.3) is 0 Å². The van der Waals surface area contributed by atoms with Crippen LogP contribution in [0.1, 0.15) is 12.0 Å². The number of amides is 1. The van der Waals surface area contributed by atoms with E-state index in [1.54, 1.807) is 11.9 Å². The minimum Gasteiger partial charge on any atom is -0.378 e. The van der Waals surface area contributed by atoms with E-state index in [1.807, 2.05) is 30.3 Å². The second kappa shape index (κ2) is 8.95. The predicted octanol–water partition coefficient (Wildman–Crippen LogP) is 2.33. The highest BCUT2D eigenvalue weighted by Gasteiger charge is 2.08. The molecule has 1 aromatic carbocycles. The third-order valence-electron chi connectivity index (χ3n) is 2.69. The summed E-state index contributed by atoms with van der Waals surface area (Å²) in [6.07, 6.45) is 1.32. The second-order valence-corrected chi connectivity index (χ2v) is 4.48. The molecule has 0 bridgehead atoms. The van der Waals surface area contributed by atoms with Crippen LogP contribution in [0.2, 0.25) is 0 Å². The largest absolute Gasteiger partial charge is 0.378 e. The molecule has 1 rings (SSSR count). The summed E-state index contributed by atoms with van der Waals surface area (Å²) in [7, 11) is 1.80. The summed E-state index contributed by atoms with van der Waals surface area (Å²) in [6.45, 7) is 1.69. The lowest BCUT2D eigenvalue weighted by molar-refractivity contribution is -0.130. The number of alkyl halides is 1. The van der Waals surface area contributed by atoms with Crippen LogP contribution in [-0.2, 0) is 16.0 Å². The summed E-state index contributed by atoms with van der Waals surface area (Å²) in [6, 6.07) is 10.0. The first-order valence-corrected chi connectivity index (χ1v) is 6.69. The average molecular weight is 270 g/mol.